The third-order valence-corrected chi connectivity index (χ3v) is 5.01. The smallest absolute Gasteiger partial charge is 0.329 e. The SMILES string of the molecule is CCCCOC(=O)C1CSSCC(NC(C)=O)C(=O)N1. The van der Waals surface area contributed by atoms with Crippen molar-refractivity contribution in [2.75, 3.05) is 18.1 Å². The van der Waals surface area contributed by atoms with Gasteiger partial charge in [0.1, 0.15) is 12.1 Å². The van der Waals surface area contributed by atoms with Crippen molar-refractivity contribution < 1.29 is 19.1 Å². The third-order valence-electron chi connectivity index (χ3n) is 2.59. The second-order valence-corrected chi connectivity index (χ2v) is 6.96. The fourth-order valence-electron chi connectivity index (χ4n) is 1.52. The number of rotatable bonds is 5. The number of hydrogen-bond donors (Lipinski definition) is 2. The van der Waals surface area contributed by atoms with E-state index < -0.39 is 18.1 Å². The molecule has 0 spiro atoms. The van der Waals surface area contributed by atoms with Gasteiger partial charge in [0, 0.05) is 18.4 Å². The van der Waals surface area contributed by atoms with Crippen molar-refractivity contribution in [1.29, 1.82) is 0 Å². The van der Waals surface area contributed by atoms with Crippen LogP contribution < -0.4 is 10.6 Å². The van der Waals surface area contributed by atoms with Crippen molar-refractivity contribution in [3.63, 3.8) is 0 Å². The van der Waals surface area contributed by atoms with E-state index in [4.69, 9.17) is 4.74 Å². The lowest BCUT2D eigenvalue weighted by molar-refractivity contribution is -0.147. The number of carbonyl (C=O) groups excluding carboxylic acids is 3. The maximum absolute atomic E-state index is 12.0. The van der Waals surface area contributed by atoms with Crippen LogP contribution in [0.3, 0.4) is 0 Å². The van der Waals surface area contributed by atoms with Gasteiger partial charge in [0.05, 0.1) is 6.61 Å². The Morgan fingerprint density at radius 1 is 1.40 bits per heavy atom. The molecular weight excluding hydrogens is 300 g/mol. The molecule has 1 aliphatic rings. The number of esters is 1. The lowest BCUT2D eigenvalue weighted by Crippen LogP contribution is -2.54. The van der Waals surface area contributed by atoms with Crippen LogP contribution in [0.5, 0.6) is 0 Å². The van der Waals surface area contributed by atoms with E-state index in [1.54, 1.807) is 0 Å². The summed E-state index contributed by atoms with van der Waals surface area (Å²) in [6, 6.07) is -1.27. The van der Waals surface area contributed by atoms with Crippen LogP contribution in [-0.2, 0) is 19.1 Å². The number of carbonyl (C=O) groups is 3. The van der Waals surface area contributed by atoms with Gasteiger partial charge in [-0.2, -0.15) is 0 Å². The summed E-state index contributed by atoms with van der Waals surface area (Å²) in [5.74, 6) is -0.0748. The topological polar surface area (TPSA) is 84.5 Å². The van der Waals surface area contributed by atoms with E-state index >= 15 is 0 Å². The number of hydrogen-bond acceptors (Lipinski definition) is 6. The number of nitrogens with one attached hydrogen (secondary N) is 2. The van der Waals surface area contributed by atoms with E-state index in [2.05, 4.69) is 10.6 Å². The molecule has 2 N–H and O–H groups in total. The van der Waals surface area contributed by atoms with Crippen molar-refractivity contribution in [1.82, 2.24) is 10.6 Å². The molecular formula is C12H20N2O4S2. The van der Waals surface area contributed by atoms with Gasteiger partial charge >= 0.3 is 5.97 Å². The van der Waals surface area contributed by atoms with E-state index in [9.17, 15) is 14.4 Å². The van der Waals surface area contributed by atoms with E-state index in [-0.39, 0.29) is 11.8 Å². The van der Waals surface area contributed by atoms with Gasteiger partial charge in [-0.3, -0.25) is 9.59 Å². The average Bonchev–Trinajstić information content (AvgIpc) is 2.38. The maximum atomic E-state index is 12.0. The van der Waals surface area contributed by atoms with E-state index in [1.807, 2.05) is 6.92 Å². The summed E-state index contributed by atoms with van der Waals surface area (Å²) >= 11 is 0. The molecule has 0 bridgehead atoms. The van der Waals surface area contributed by atoms with Crippen LogP contribution in [0.2, 0.25) is 0 Å². The third kappa shape index (κ3) is 6.04. The molecule has 6 nitrogen and oxygen atoms in total. The Kier molecular flexibility index (Phi) is 7.83. The Bertz CT molecular complexity index is 365. The lowest BCUT2D eigenvalue weighted by atomic mass is 10.2. The van der Waals surface area contributed by atoms with Gasteiger partial charge < -0.3 is 15.4 Å². The number of ether oxygens (including phenoxy) is 1. The van der Waals surface area contributed by atoms with Crippen molar-refractivity contribution in [3.05, 3.63) is 0 Å². The lowest BCUT2D eigenvalue weighted by Gasteiger charge is -2.24. The summed E-state index contributed by atoms with van der Waals surface area (Å²) in [4.78, 5) is 34.9. The molecule has 20 heavy (non-hydrogen) atoms. The highest BCUT2D eigenvalue weighted by molar-refractivity contribution is 8.76. The van der Waals surface area contributed by atoms with Crippen molar-refractivity contribution in [2.45, 2.75) is 38.8 Å². The summed E-state index contributed by atoms with van der Waals surface area (Å²) in [5.41, 5.74) is 0. The molecule has 1 heterocycles. The highest BCUT2D eigenvalue weighted by atomic mass is 33.1. The zero-order valence-electron chi connectivity index (χ0n) is 11.6. The van der Waals surface area contributed by atoms with E-state index in [0.29, 0.717) is 18.1 Å². The Hall–Kier alpha value is -0.890. The molecule has 0 saturated carbocycles. The fourth-order valence-corrected chi connectivity index (χ4v) is 3.83. The second-order valence-electron chi connectivity index (χ2n) is 4.40. The van der Waals surface area contributed by atoms with Gasteiger partial charge in [0.25, 0.3) is 0 Å². The van der Waals surface area contributed by atoms with Crippen LogP contribution in [0.4, 0.5) is 0 Å². The van der Waals surface area contributed by atoms with Gasteiger partial charge in [-0.05, 0) is 6.42 Å². The van der Waals surface area contributed by atoms with Gasteiger partial charge in [-0.1, -0.05) is 34.9 Å². The largest absolute Gasteiger partial charge is 0.464 e. The predicted octanol–water partition coefficient (Wildman–Crippen LogP) is 0.714. The minimum absolute atomic E-state index is 0.265. The molecule has 2 unspecified atom stereocenters. The zero-order chi connectivity index (χ0) is 15.0. The Balaban J connectivity index is 2.54. The molecule has 2 atom stereocenters. The van der Waals surface area contributed by atoms with Crippen LogP contribution >= 0.6 is 21.6 Å². The first-order valence-corrected chi connectivity index (χ1v) is 9.02. The summed E-state index contributed by atoms with van der Waals surface area (Å²) in [6.07, 6.45) is 1.75. The first kappa shape index (κ1) is 17.2. The Labute approximate surface area is 126 Å². The van der Waals surface area contributed by atoms with Crippen molar-refractivity contribution in [2.24, 2.45) is 0 Å². The molecule has 1 aliphatic heterocycles. The Morgan fingerprint density at radius 3 is 2.75 bits per heavy atom. The average molecular weight is 320 g/mol. The quantitative estimate of drug-likeness (QED) is 0.441. The number of amides is 2. The predicted molar refractivity (Wildman–Crippen MR) is 80.3 cm³/mol. The first-order chi connectivity index (χ1) is 9.54. The van der Waals surface area contributed by atoms with Crippen LogP contribution in [-0.4, -0.2) is 48.0 Å². The van der Waals surface area contributed by atoms with Crippen molar-refractivity contribution >= 4 is 39.4 Å². The minimum Gasteiger partial charge on any atom is -0.464 e. The highest BCUT2D eigenvalue weighted by Gasteiger charge is 2.29. The second kappa shape index (κ2) is 9.12. The molecule has 1 rings (SSSR count). The fraction of sp³-hybridized carbons (Fsp3) is 0.750. The van der Waals surface area contributed by atoms with Gasteiger partial charge in [0.15, 0.2) is 0 Å². The summed E-state index contributed by atoms with van der Waals surface area (Å²) < 4.78 is 5.12. The van der Waals surface area contributed by atoms with Gasteiger partial charge in [-0.25, -0.2) is 4.79 Å². The molecule has 0 aliphatic carbocycles. The van der Waals surface area contributed by atoms with Crippen LogP contribution in [0.1, 0.15) is 26.7 Å². The van der Waals surface area contributed by atoms with E-state index in [1.165, 1.54) is 28.5 Å². The van der Waals surface area contributed by atoms with Crippen LogP contribution in [0.25, 0.3) is 0 Å². The molecule has 1 saturated heterocycles. The maximum Gasteiger partial charge on any atom is 0.329 e. The molecule has 2 amide bonds. The standard InChI is InChI=1S/C12H20N2O4S2/c1-3-4-5-18-12(17)10-7-20-19-6-9(11(16)14-10)13-8(2)15/h9-10H,3-7H2,1-2H3,(H,13,15)(H,14,16). The molecule has 0 aromatic carbocycles. The van der Waals surface area contributed by atoms with Crippen LogP contribution in [0, 0.1) is 0 Å². The summed E-state index contributed by atoms with van der Waals surface area (Å²) in [6.45, 7) is 3.74. The molecule has 0 radical (unpaired) electrons. The molecule has 8 heteroatoms. The zero-order valence-corrected chi connectivity index (χ0v) is 13.3. The summed E-state index contributed by atoms with van der Waals surface area (Å²) in [7, 11) is 2.95. The van der Waals surface area contributed by atoms with Crippen molar-refractivity contribution in [3.8, 4) is 0 Å². The molecule has 0 aromatic rings. The van der Waals surface area contributed by atoms with Gasteiger partial charge in [0.2, 0.25) is 11.8 Å². The molecule has 1 fully saturated rings. The Morgan fingerprint density at radius 2 is 2.10 bits per heavy atom. The van der Waals surface area contributed by atoms with Gasteiger partial charge in [-0.15, -0.1) is 0 Å². The van der Waals surface area contributed by atoms with E-state index in [0.717, 1.165) is 12.8 Å². The molecule has 0 aromatic heterocycles. The highest BCUT2D eigenvalue weighted by Crippen LogP contribution is 2.25. The minimum atomic E-state index is -0.659. The summed E-state index contributed by atoms with van der Waals surface area (Å²) in [5, 5.41) is 5.21. The first-order valence-electron chi connectivity index (χ1n) is 6.53. The van der Waals surface area contributed by atoms with Crippen LogP contribution in [0.15, 0.2) is 0 Å². The monoisotopic (exact) mass is 320 g/mol. The normalized spacial score (nSPS) is 23.2. The number of unbranched alkanes of at least 4 members (excludes halogenated alkanes) is 1. The molecule has 114 valence electrons.